The standard InChI is InChI=1S/C12H11NO2/c1-9(8-13)10-3-4-11-12(7-10)15-6-2-5-14-11/h3-4,7H,1-2,5-6H2. The first-order valence-corrected chi connectivity index (χ1v) is 4.80. The average molecular weight is 201 g/mol. The van der Waals surface area contributed by atoms with E-state index in [1.165, 1.54) is 0 Å². The molecule has 0 unspecified atom stereocenters. The van der Waals surface area contributed by atoms with Crippen molar-refractivity contribution in [2.75, 3.05) is 13.2 Å². The van der Waals surface area contributed by atoms with Crippen LogP contribution in [-0.2, 0) is 0 Å². The first kappa shape index (κ1) is 9.60. The van der Waals surface area contributed by atoms with Crippen molar-refractivity contribution in [3.63, 3.8) is 0 Å². The first-order valence-electron chi connectivity index (χ1n) is 4.80. The number of hydrogen-bond donors (Lipinski definition) is 0. The third kappa shape index (κ3) is 1.94. The molecule has 0 aliphatic carbocycles. The van der Waals surface area contributed by atoms with Crippen LogP contribution in [0.5, 0.6) is 11.5 Å². The summed E-state index contributed by atoms with van der Waals surface area (Å²) in [5, 5.41) is 8.73. The van der Waals surface area contributed by atoms with E-state index in [1.807, 2.05) is 18.2 Å². The van der Waals surface area contributed by atoms with Crippen LogP contribution in [-0.4, -0.2) is 13.2 Å². The van der Waals surface area contributed by atoms with Crippen LogP contribution in [0.25, 0.3) is 5.57 Å². The van der Waals surface area contributed by atoms with Gasteiger partial charge in [-0.25, -0.2) is 0 Å². The number of fused-ring (bicyclic) bond motifs is 1. The van der Waals surface area contributed by atoms with Gasteiger partial charge in [-0.2, -0.15) is 5.26 Å². The fourth-order valence-electron chi connectivity index (χ4n) is 1.42. The molecule has 2 rings (SSSR count). The third-order valence-electron chi connectivity index (χ3n) is 2.23. The molecule has 0 saturated heterocycles. The molecule has 1 aromatic rings. The van der Waals surface area contributed by atoms with Gasteiger partial charge < -0.3 is 9.47 Å². The predicted molar refractivity (Wildman–Crippen MR) is 56.7 cm³/mol. The SMILES string of the molecule is C=C(C#N)c1ccc2c(c1)OCCCO2. The van der Waals surface area contributed by atoms with Gasteiger partial charge in [0.25, 0.3) is 0 Å². The van der Waals surface area contributed by atoms with E-state index in [2.05, 4.69) is 6.58 Å². The molecule has 3 heteroatoms. The molecule has 0 fully saturated rings. The highest BCUT2D eigenvalue weighted by Gasteiger charge is 2.11. The summed E-state index contributed by atoms with van der Waals surface area (Å²) in [5.41, 5.74) is 1.22. The van der Waals surface area contributed by atoms with E-state index in [0.717, 1.165) is 17.7 Å². The lowest BCUT2D eigenvalue weighted by atomic mass is 10.1. The summed E-state index contributed by atoms with van der Waals surface area (Å²) in [6, 6.07) is 7.45. The highest BCUT2D eigenvalue weighted by molar-refractivity contribution is 5.76. The molecule has 1 aliphatic rings. The van der Waals surface area contributed by atoms with Gasteiger partial charge in [-0.15, -0.1) is 0 Å². The molecule has 0 amide bonds. The molecule has 0 saturated carbocycles. The monoisotopic (exact) mass is 201 g/mol. The molecule has 0 radical (unpaired) electrons. The lowest BCUT2D eigenvalue weighted by Gasteiger charge is -2.08. The topological polar surface area (TPSA) is 42.2 Å². The van der Waals surface area contributed by atoms with Crippen LogP contribution < -0.4 is 9.47 Å². The van der Waals surface area contributed by atoms with Crippen LogP contribution in [0.15, 0.2) is 24.8 Å². The van der Waals surface area contributed by atoms with E-state index in [4.69, 9.17) is 14.7 Å². The molecule has 1 heterocycles. The Morgan fingerprint density at radius 3 is 2.73 bits per heavy atom. The minimum Gasteiger partial charge on any atom is -0.490 e. The Labute approximate surface area is 88.5 Å². The summed E-state index contributed by atoms with van der Waals surface area (Å²) in [5.74, 6) is 1.43. The van der Waals surface area contributed by atoms with Crippen LogP contribution in [0, 0.1) is 11.3 Å². The summed E-state index contributed by atoms with van der Waals surface area (Å²) >= 11 is 0. The van der Waals surface area contributed by atoms with Crippen LogP contribution in [0.2, 0.25) is 0 Å². The molecular formula is C12H11NO2. The normalized spacial score (nSPS) is 13.8. The number of nitriles is 1. The average Bonchev–Trinajstić information content (AvgIpc) is 2.51. The number of nitrogens with zero attached hydrogens (tertiary/aromatic N) is 1. The Kier molecular flexibility index (Phi) is 2.59. The Morgan fingerprint density at radius 2 is 2.00 bits per heavy atom. The maximum absolute atomic E-state index is 8.73. The number of benzene rings is 1. The smallest absolute Gasteiger partial charge is 0.161 e. The minimum atomic E-state index is 0.436. The van der Waals surface area contributed by atoms with Crippen LogP contribution in [0.4, 0.5) is 0 Å². The lowest BCUT2D eigenvalue weighted by Crippen LogP contribution is -1.97. The molecule has 0 atom stereocenters. The number of ether oxygens (including phenoxy) is 2. The molecule has 1 aliphatic heterocycles. The third-order valence-corrected chi connectivity index (χ3v) is 2.23. The largest absolute Gasteiger partial charge is 0.490 e. The van der Waals surface area contributed by atoms with E-state index in [0.29, 0.717) is 24.5 Å². The van der Waals surface area contributed by atoms with Gasteiger partial charge in [0, 0.05) is 6.42 Å². The van der Waals surface area contributed by atoms with Crippen molar-refractivity contribution in [1.29, 1.82) is 5.26 Å². The Balaban J connectivity index is 2.37. The van der Waals surface area contributed by atoms with Gasteiger partial charge in [0.05, 0.1) is 24.9 Å². The van der Waals surface area contributed by atoms with E-state index >= 15 is 0 Å². The predicted octanol–water partition coefficient (Wildman–Crippen LogP) is 2.38. The second-order valence-electron chi connectivity index (χ2n) is 3.30. The van der Waals surface area contributed by atoms with Crippen molar-refractivity contribution in [2.45, 2.75) is 6.42 Å². The highest BCUT2D eigenvalue weighted by atomic mass is 16.5. The molecular weight excluding hydrogens is 190 g/mol. The van der Waals surface area contributed by atoms with Gasteiger partial charge in [-0.1, -0.05) is 6.58 Å². The van der Waals surface area contributed by atoms with Gasteiger partial charge in [0.1, 0.15) is 0 Å². The molecule has 15 heavy (non-hydrogen) atoms. The van der Waals surface area contributed by atoms with Gasteiger partial charge in [-0.05, 0) is 23.8 Å². The van der Waals surface area contributed by atoms with Gasteiger partial charge >= 0.3 is 0 Å². The highest BCUT2D eigenvalue weighted by Crippen LogP contribution is 2.31. The maximum atomic E-state index is 8.73. The van der Waals surface area contributed by atoms with E-state index < -0.39 is 0 Å². The van der Waals surface area contributed by atoms with Crippen LogP contribution in [0.1, 0.15) is 12.0 Å². The quantitative estimate of drug-likeness (QED) is 0.655. The van der Waals surface area contributed by atoms with E-state index in [-0.39, 0.29) is 0 Å². The molecule has 0 spiro atoms. The fourth-order valence-corrected chi connectivity index (χ4v) is 1.42. The second-order valence-corrected chi connectivity index (χ2v) is 3.30. The van der Waals surface area contributed by atoms with Crippen LogP contribution >= 0.6 is 0 Å². The van der Waals surface area contributed by atoms with Gasteiger partial charge in [0.2, 0.25) is 0 Å². The second kappa shape index (κ2) is 4.05. The summed E-state index contributed by atoms with van der Waals surface area (Å²) in [7, 11) is 0. The van der Waals surface area contributed by atoms with Crippen molar-refractivity contribution < 1.29 is 9.47 Å². The maximum Gasteiger partial charge on any atom is 0.161 e. The summed E-state index contributed by atoms with van der Waals surface area (Å²) in [4.78, 5) is 0. The van der Waals surface area contributed by atoms with Gasteiger partial charge in [-0.3, -0.25) is 0 Å². The van der Waals surface area contributed by atoms with Crippen molar-refractivity contribution in [3.8, 4) is 17.6 Å². The molecule has 0 bridgehead atoms. The zero-order chi connectivity index (χ0) is 10.7. The minimum absolute atomic E-state index is 0.436. The van der Waals surface area contributed by atoms with Crippen molar-refractivity contribution >= 4 is 5.57 Å². The fraction of sp³-hybridized carbons (Fsp3) is 0.250. The van der Waals surface area contributed by atoms with Gasteiger partial charge in [0.15, 0.2) is 11.5 Å². The van der Waals surface area contributed by atoms with Crippen molar-refractivity contribution in [1.82, 2.24) is 0 Å². The Bertz CT molecular complexity index is 432. The molecule has 3 nitrogen and oxygen atoms in total. The number of hydrogen-bond acceptors (Lipinski definition) is 3. The van der Waals surface area contributed by atoms with E-state index in [9.17, 15) is 0 Å². The van der Waals surface area contributed by atoms with Crippen molar-refractivity contribution in [3.05, 3.63) is 30.3 Å². The van der Waals surface area contributed by atoms with Crippen molar-refractivity contribution in [2.24, 2.45) is 0 Å². The summed E-state index contributed by atoms with van der Waals surface area (Å²) in [6.07, 6.45) is 0.878. The Hall–Kier alpha value is -1.95. The first-order chi connectivity index (χ1) is 7.31. The zero-order valence-electron chi connectivity index (χ0n) is 8.32. The zero-order valence-corrected chi connectivity index (χ0v) is 8.32. The molecule has 76 valence electrons. The Morgan fingerprint density at radius 1 is 1.27 bits per heavy atom. The summed E-state index contributed by atoms with van der Waals surface area (Å²) < 4.78 is 11.0. The lowest BCUT2D eigenvalue weighted by molar-refractivity contribution is 0.297. The molecule has 1 aromatic carbocycles. The van der Waals surface area contributed by atoms with Crippen LogP contribution in [0.3, 0.4) is 0 Å². The summed E-state index contributed by atoms with van der Waals surface area (Å²) in [6.45, 7) is 4.98. The van der Waals surface area contributed by atoms with E-state index in [1.54, 1.807) is 6.07 Å². The number of allylic oxidation sites excluding steroid dienone is 1. The number of rotatable bonds is 1. The molecule has 0 N–H and O–H groups in total. The molecule has 0 aromatic heterocycles.